The third-order valence-corrected chi connectivity index (χ3v) is 1.75. The van der Waals surface area contributed by atoms with Gasteiger partial charge in [0.1, 0.15) is 0 Å². The molecule has 0 saturated carbocycles. The zero-order valence-corrected chi connectivity index (χ0v) is 5.53. The second-order valence-electron chi connectivity index (χ2n) is 2.46. The maximum Gasteiger partial charge on any atom is 0.323 e. The van der Waals surface area contributed by atoms with Crippen LogP contribution in [-0.4, -0.2) is 16.5 Å². The van der Waals surface area contributed by atoms with Crippen molar-refractivity contribution in [1.29, 1.82) is 0 Å². The molecule has 1 aromatic rings. The molecule has 0 fully saturated rings. The van der Waals surface area contributed by atoms with Crippen LogP contribution in [0.4, 0.5) is 0 Å². The van der Waals surface area contributed by atoms with Crippen molar-refractivity contribution in [1.82, 2.24) is 15.3 Å². The fourth-order valence-corrected chi connectivity index (χ4v) is 1.25. The predicted octanol–water partition coefficient (Wildman–Crippen LogP) is -0.651. The van der Waals surface area contributed by atoms with Crippen LogP contribution in [0.5, 0.6) is 0 Å². The second-order valence-corrected chi connectivity index (χ2v) is 2.46. The molecule has 4 nitrogen and oxygen atoms in total. The maximum absolute atomic E-state index is 10.7. The summed E-state index contributed by atoms with van der Waals surface area (Å²) in [6.45, 7) is 1.74. The van der Waals surface area contributed by atoms with Crippen LogP contribution in [0.25, 0.3) is 0 Å². The highest BCUT2D eigenvalue weighted by Gasteiger charge is 2.10. The van der Waals surface area contributed by atoms with E-state index in [1.54, 1.807) is 0 Å². The Morgan fingerprint density at radius 3 is 2.80 bits per heavy atom. The molecule has 0 amide bonds. The Kier molecular flexibility index (Phi) is 1.14. The van der Waals surface area contributed by atoms with Crippen molar-refractivity contribution in [2.45, 2.75) is 13.0 Å². The van der Waals surface area contributed by atoms with E-state index in [1.807, 2.05) is 0 Å². The van der Waals surface area contributed by atoms with Crippen LogP contribution in [0.2, 0.25) is 0 Å². The summed E-state index contributed by atoms with van der Waals surface area (Å²) in [5.74, 6) is 0. The highest BCUT2D eigenvalue weighted by Crippen LogP contribution is 2.04. The van der Waals surface area contributed by atoms with Crippen molar-refractivity contribution in [2.24, 2.45) is 0 Å². The third kappa shape index (κ3) is 0.769. The van der Waals surface area contributed by atoms with E-state index in [0.717, 1.165) is 30.9 Å². The Labute approximate surface area is 57.7 Å². The fourth-order valence-electron chi connectivity index (χ4n) is 1.25. The zero-order chi connectivity index (χ0) is 6.97. The first-order valence-electron chi connectivity index (χ1n) is 3.37. The van der Waals surface area contributed by atoms with Gasteiger partial charge in [-0.3, -0.25) is 0 Å². The van der Waals surface area contributed by atoms with Crippen LogP contribution in [0.1, 0.15) is 11.4 Å². The SMILES string of the molecule is O=c1[nH]c2c([nH]1)CNCC2. The minimum absolute atomic E-state index is 0.0892. The molecule has 2 heterocycles. The monoisotopic (exact) mass is 139 g/mol. The standard InChI is InChI=1S/C6H9N3O/c10-6-8-4-1-2-7-3-5(4)9-6/h7H,1-3H2,(H2,8,9,10). The van der Waals surface area contributed by atoms with Crippen molar-refractivity contribution in [3.05, 3.63) is 21.9 Å². The summed E-state index contributed by atoms with van der Waals surface area (Å²) in [4.78, 5) is 16.2. The van der Waals surface area contributed by atoms with Gasteiger partial charge in [0.2, 0.25) is 0 Å². The van der Waals surface area contributed by atoms with E-state index >= 15 is 0 Å². The summed E-state index contributed by atoms with van der Waals surface area (Å²) >= 11 is 0. The third-order valence-electron chi connectivity index (χ3n) is 1.75. The van der Waals surface area contributed by atoms with E-state index < -0.39 is 0 Å². The number of imidazole rings is 1. The highest BCUT2D eigenvalue weighted by atomic mass is 16.1. The summed E-state index contributed by atoms with van der Waals surface area (Å²) < 4.78 is 0. The summed E-state index contributed by atoms with van der Waals surface area (Å²) in [5, 5.41) is 3.16. The first-order valence-corrected chi connectivity index (χ1v) is 3.37. The Morgan fingerprint density at radius 1 is 1.20 bits per heavy atom. The quantitative estimate of drug-likeness (QED) is 0.447. The summed E-state index contributed by atoms with van der Waals surface area (Å²) in [6.07, 6.45) is 0.925. The Morgan fingerprint density at radius 2 is 2.00 bits per heavy atom. The van der Waals surface area contributed by atoms with Crippen molar-refractivity contribution >= 4 is 0 Å². The van der Waals surface area contributed by atoms with Gasteiger partial charge in [0.15, 0.2) is 0 Å². The van der Waals surface area contributed by atoms with E-state index in [4.69, 9.17) is 0 Å². The largest absolute Gasteiger partial charge is 0.323 e. The van der Waals surface area contributed by atoms with E-state index in [-0.39, 0.29) is 5.69 Å². The molecule has 2 rings (SSSR count). The number of hydrogen-bond acceptors (Lipinski definition) is 2. The topological polar surface area (TPSA) is 60.7 Å². The molecule has 3 N–H and O–H groups in total. The molecule has 0 spiro atoms. The number of fused-ring (bicyclic) bond motifs is 1. The van der Waals surface area contributed by atoms with Gasteiger partial charge in [-0.15, -0.1) is 0 Å². The predicted molar refractivity (Wildman–Crippen MR) is 36.8 cm³/mol. The lowest BCUT2D eigenvalue weighted by molar-refractivity contribution is 0.627. The molecule has 0 aromatic carbocycles. The molecule has 0 radical (unpaired) electrons. The normalized spacial score (nSPS) is 16.8. The molecule has 0 aliphatic carbocycles. The highest BCUT2D eigenvalue weighted by molar-refractivity contribution is 5.13. The molecule has 54 valence electrons. The molecule has 0 unspecified atom stereocenters. The van der Waals surface area contributed by atoms with Gasteiger partial charge in [-0.2, -0.15) is 0 Å². The van der Waals surface area contributed by atoms with Gasteiger partial charge in [0.05, 0.1) is 5.69 Å². The van der Waals surface area contributed by atoms with Gasteiger partial charge >= 0.3 is 5.69 Å². The number of aromatic amines is 2. The molecule has 0 atom stereocenters. The smallest absolute Gasteiger partial charge is 0.311 e. The van der Waals surface area contributed by atoms with Crippen molar-refractivity contribution in [3.63, 3.8) is 0 Å². The van der Waals surface area contributed by atoms with Crippen LogP contribution in [0, 0.1) is 0 Å². The lowest BCUT2D eigenvalue weighted by Crippen LogP contribution is -2.23. The zero-order valence-electron chi connectivity index (χ0n) is 5.53. The Bertz CT molecular complexity index is 259. The molecule has 1 aliphatic rings. The number of nitrogens with one attached hydrogen (secondary N) is 3. The average Bonchev–Trinajstić information content (AvgIpc) is 2.27. The molecule has 1 aromatic heterocycles. The van der Waals surface area contributed by atoms with Gasteiger partial charge in [-0.05, 0) is 0 Å². The Hall–Kier alpha value is -1.03. The molecule has 0 saturated heterocycles. The molecule has 1 aliphatic heterocycles. The van der Waals surface area contributed by atoms with E-state index in [1.165, 1.54) is 0 Å². The maximum atomic E-state index is 10.7. The number of aromatic nitrogens is 2. The molecule has 10 heavy (non-hydrogen) atoms. The van der Waals surface area contributed by atoms with Crippen LogP contribution in [0.3, 0.4) is 0 Å². The second kappa shape index (κ2) is 1.98. The van der Waals surface area contributed by atoms with E-state index in [0.29, 0.717) is 0 Å². The van der Waals surface area contributed by atoms with Gasteiger partial charge < -0.3 is 15.3 Å². The van der Waals surface area contributed by atoms with Crippen LogP contribution in [-0.2, 0) is 13.0 Å². The van der Waals surface area contributed by atoms with Gasteiger partial charge in [0, 0.05) is 25.2 Å². The van der Waals surface area contributed by atoms with Crippen molar-refractivity contribution < 1.29 is 0 Å². The molecule has 0 bridgehead atoms. The molecule has 4 heteroatoms. The number of hydrogen-bond donors (Lipinski definition) is 3. The van der Waals surface area contributed by atoms with Crippen LogP contribution < -0.4 is 11.0 Å². The van der Waals surface area contributed by atoms with E-state index in [2.05, 4.69) is 15.3 Å². The minimum atomic E-state index is -0.0892. The van der Waals surface area contributed by atoms with Crippen LogP contribution >= 0.6 is 0 Å². The summed E-state index contributed by atoms with van der Waals surface area (Å²) in [7, 11) is 0. The van der Waals surface area contributed by atoms with Gasteiger partial charge in [-0.25, -0.2) is 4.79 Å². The summed E-state index contributed by atoms with van der Waals surface area (Å²) in [5.41, 5.74) is 1.98. The van der Waals surface area contributed by atoms with Crippen molar-refractivity contribution in [3.8, 4) is 0 Å². The first kappa shape index (κ1) is 5.73. The lowest BCUT2D eigenvalue weighted by Gasteiger charge is -2.10. The van der Waals surface area contributed by atoms with Crippen molar-refractivity contribution in [2.75, 3.05) is 6.54 Å². The Balaban J connectivity index is 2.50. The van der Waals surface area contributed by atoms with Crippen LogP contribution in [0.15, 0.2) is 4.79 Å². The fraction of sp³-hybridized carbons (Fsp3) is 0.500. The van der Waals surface area contributed by atoms with Gasteiger partial charge in [0.25, 0.3) is 0 Å². The lowest BCUT2D eigenvalue weighted by atomic mass is 10.2. The number of rotatable bonds is 0. The van der Waals surface area contributed by atoms with Gasteiger partial charge in [-0.1, -0.05) is 0 Å². The average molecular weight is 139 g/mol. The first-order chi connectivity index (χ1) is 4.86. The number of H-pyrrole nitrogens is 2. The molecular formula is C6H9N3O. The minimum Gasteiger partial charge on any atom is -0.311 e. The van der Waals surface area contributed by atoms with E-state index in [9.17, 15) is 4.79 Å². The summed E-state index contributed by atoms with van der Waals surface area (Å²) in [6, 6.07) is 0. The molecular weight excluding hydrogens is 130 g/mol.